The number of hydrogen-bond acceptors (Lipinski definition) is 4. The van der Waals surface area contributed by atoms with Crippen LogP contribution in [0.15, 0.2) is 67.8 Å². The van der Waals surface area contributed by atoms with Gasteiger partial charge in [0, 0.05) is 10.6 Å². The molecule has 1 aromatic heterocycles. The van der Waals surface area contributed by atoms with E-state index in [9.17, 15) is 0 Å². The number of halogens is 2. The van der Waals surface area contributed by atoms with Crippen LogP contribution in [-0.2, 0) is 16.9 Å². The molecule has 0 aliphatic carbocycles. The molecule has 0 bridgehead atoms. The van der Waals surface area contributed by atoms with Crippen molar-refractivity contribution in [1.82, 2.24) is 14.8 Å². The van der Waals surface area contributed by atoms with Crippen LogP contribution >= 0.6 is 23.2 Å². The Bertz CT molecular complexity index is 898. The van der Waals surface area contributed by atoms with Gasteiger partial charge in [-0.1, -0.05) is 35.3 Å². The van der Waals surface area contributed by atoms with Crippen LogP contribution in [0.2, 0.25) is 10.0 Å². The number of rotatable bonds is 8. The van der Waals surface area contributed by atoms with E-state index < -0.39 is 5.60 Å². The highest BCUT2D eigenvalue weighted by Crippen LogP contribution is 2.36. The van der Waals surface area contributed by atoms with Crippen molar-refractivity contribution >= 4 is 23.2 Å². The van der Waals surface area contributed by atoms with E-state index in [1.165, 1.54) is 6.33 Å². The molecule has 0 spiro atoms. The predicted molar refractivity (Wildman–Crippen MR) is 107 cm³/mol. The summed E-state index contributed by atoms with van der Waals surface area (Å²) >= 11 is 12.5. The molecule has 2 aromatic carbocycles. The summed E-state index contributed by atoms with van der Waals surface area (Å²) in [5.74, 6) is 1.30. The molecule has 140 valence electrons. The molecule has 3 aromatic rings. The van der Waals surface area contributed by atoms with Crippen LogP contribution in [0.3, 0.4) is 0 Å². The second-order valence-corrected chi connectivity index (χ2v) is 6.96. The van der Waals surface area contributed by atoms with E-state index in [0.717, 1.165) is 5.56 Å². The van der Waals surface area contributed by atoms with E-state index in [0.29, 0.717) is 34.7 Å². The van der Waals surface area contributed by atoms with Crippen molar-refractivity contribution in [2.24, 2.45) is 0 Å². The fraction of sp³-hybridized carbons (Fsp3) is 0.200. The Balaban J connectivity index is 1.86. The van der Waals surface area contributed by atoms with Crippen molar-refractivity contribution in [2.75, 3.05) is 6.61 Å². The zero-order valence-corrected chi connectivity index (χ0v) is 16.3. The summed E-state index contributed by atoms with van der Waals surface area (Å²) in [7, 11) is 0. The monoisotopic (exact) mass is 403 g/mol. The Morgan fingerprint density at radius 1 is 1.15 bits per heavy atom. The fourth-order valence-electron chi connectivity index (χ4n) is 2.70. The highest BCUT2D eigenvalue weighted by Gasteiger charge is 2.31. The molecule has 0 fully saturated rings. The number of aromatic nitrogens is 3. The zero-order chi connectivity index (χ0) is 19.3. The van der Waals surface area contributed by atoms with E-state index in [-0.39, 0.29) is 0 Å². The third-order valence-corrected chi connectivity index (χ3v) is 4.57. The minimum atomic E-state index is -0.711. The second kappa shape index (κ2) is 8.57. The Labute approximate surface area is 168 Å². The molecule has 27 heavy (non-hydrogen) atoms. The van der Waals surface area contributed by atoms with Gasteiger partial charge in [0.2, 0.25) is 0 Å². The van der Waals surface area contributed by atoms with Crippen LogP contribution in [0.25, 0.3) is 0 Å². The third-order valence-electron chi connectivity index (χ3n) is 4.01. The van der Waals surface area contributed by atoms with Crippen LogP contribution in [0, 0.1) is 0 Å². The lowest BCUT2D eigenvalue weighted by Gasteiger charge is -2.31. The second-order valence-electron chi connectivity index (χ2n) is 6.12. The maximum Gasteiger partial charge on any atom is 0.137 e. The molecule has 0 radical (unpaired) electrons. The zero-order valence-electron chi connectivity index (χ0n) is 14.8. The molecule has 0 saturated carbocycles. The van der Waals surface area contributed by atoms with Crippen molar-refractivity contribution in [3.8, 4) is 11.5 Å². The summed E-state index contributed by atoms with van der Waals surface area (Å²) in [5, 5.41) is 5.35. The van der Waals surface area contributed by atoms with Gasteiger partial charge < -0.3 is 9.47 Å². The summed E-state index contributed by atoms with van der Waals surface area (Å²) in [6, 6.07) is 12.7. The maximum absolute atomic E-state index is 6.57. The minimum absolute atomic E-state index is 0.380. The number of hydrogen-bond donors (Lipinski definition) is 0. The van der Waals surface area contributed by atoms with Gasteiger partial charge in [0.25, 0.3) is 0 Å². The molecule has 0 aliphatic rings. The first-order valence-electron chi connectivity index (χ1n) is 8.31. The SMILES string of the molecule is C=CCOC(C)(Cn1cncn1)c1ccc(Oc2ccc(Cl)cc2)cc1Cl. The smallest absolute Gasteiger partial charge is 0.137 e. The lowest BCUT2D eigenvalue weighted by molar-refractivity contribution is -0.0364. The van der Waals surface area contributed by atoms with Crippen molar-refractivity contribution in [1.29, 1.82) is 0 Å². The van der Waals surface area contributed by atoms with Crippen molar-refractivity contribution in [2.45, 2.75) is 19.1 Å². The standard InChI is InChI=1S/C20H19Cl2N3O2/c1-3-10-26-20(2,12-25-14-23-13-24-25)18-9-8-17(11-19(18)22)27-16-6-4-15(21)5-7-16/h3-9,11,13-14H,1,10,12H2,2H3. The molecular weight excluding hydrogens is 385 g/mol. The predicted octanol–water partition coefficient (Wildman–Crippen LogP) is 5.50. The van der Waals surface area contributed by atoms with Gasteiger partial charge in [0.15, 0.2) is 0 Å². The van der Waals surface area contributed by atoms with Crippen molar-refractivity contribution in [3.05, 3.63) is 83.4 Å². The number of benzene rings is 2. The van der Waals surface area contributed by atoms with Gasteiger partial charge >= 0.3 is 0 Å². The van der Waals surface area contributed by atoms with Crippen LogP contribution in [0.1, 0.15) is 12.5 Å². The summed E-state index contributed by atoms with van der Waals surface area (Å²) in [4.78, 5) is 3.98. The van der Waals surface area contributed by atoms with E-state index in [1.54, 1.807) is 47.4 Å². The van der Waals surface area contributed by atoms with Gasteiger partial charge in [0.1, 0.15) is 29.8 Å². The van der Waals surface area contributed by atoms with Crippen LogP contribution in [-0.4, -0.2) is 21.4 Å². The molecular formula is C20H19Cl2N3O2. The molecule has 0 amide bonds. The quantitative estimate of drug-likeness (QED) is 0.466. The van der Waals surface area contributed by atoms with Crippen LogP contribution in [0.4, 0.5) is 0 Å². The number of ether oxygens (including phenoxy) is 2. The molecule has 5 nitrogen and oxygen atoms in total. The van der Waals surface area contributed by atoms with Gasteiger partial charge in [-0.15, -0.1) is 6.58 Å². The van der Waals surface area contributed by atoms with E-state index in [4.69, 9.17) is 32.7 Å². The first kappa shape index (κ1) is 19.4. The Morgan fingerprint density at radius 2 is 1.89 bits per heavy atom. The highest BCUT2D eigenvalue weighted by atomic mass is 35.5. The molecule has 1 unspecified atom stereocenters. The molecule has 0 N–H and O–H groups in total. The molecule has 3 rings (SSSR count). The van der Waals surface area contributed by atoms with Gasteiger partial charge in [0.05, 0.1) is 18.2 Å². The Hall–Kier alpha value is -2.34. The van der Waals surface area contributed by atoms with Crippen LogP contribution < -0.4 is 4.74 Å². The summed E-state index contributed by atoms with van der Waals surface area (Å²) in [5.41, 5.74) is 0.114. The lowest BCUT2D eigenvalue weighted by atomic mass is 9.95. The highest BCUT2D eigenvalue weighted by molar-refractivity contribution is 6.31. The average molecular weight is 404 g/mol. The normalized spacial score (nSPS) is 13.1. The molecule has 1 atom stereocenters. The van der Waals surface area contributed by atoms with Crippen LogP contribution in [0.5, 0.6) is 11.5 Å². The first-order chi connectivity index (χ1) is 13.0. The topological polar surface area (TPSA) is 49.2 Å². The Morgan fingerprint density at radius 3 is 2.52 bits per heavy atom. The van der Waals surface area contributed by atoms with E-state index >= 15 is 0 Å². The van der Waals surface area contributed by atoms with E-state index in [2.05, 4.69) is 16.7 Å². The molecule has 7 heteroatoms. The number of nitrogens with zero attached hydrogens (tertiary/aromatic N) is 3. The van der Waals surface area contributed by atoms with Gasteiger partial charge in [-0.2, -0.15) is 5.10 Å². The fourth-order valence-corrected chi connectivity index (χ4v) is 3.20. The molecule has 0 saturated heterocycles. The lowest BCUT2D eigenvalue weighted by Crippen LogP contribution is -2.32. The van der Waals surface area contributed by atoms with Gasteiger partial charge in [-0.3, -0.25) is 0 Å². The van der Waals surface area contributed by atoms with E-state index in [1.807, 2.05) is 19.1 Å². The Kier molecular flexibility index (Phi) is 6.16. The van der Waals surface area contributed by atoms with Gasteiger partial charge in [-0.05, 0) is 43.3 Å². The third kappa shape index (κ3) is 4.89. The molecule has 0 aliphatic heterocycles. The average Bonchev–Trinajstić information content (AvgIpc) is 3.15. The maximum atomic E-state index is 6.57. The first-order valence-corrected chi connectivity index (χ1v) is 9.06. The summed E-state index contributed by atoms with van der Waals surface area (Å²) < 4.78 is 13.6. The van der Waals surface area contributed by atoms with Crippen molar-refractivity contribution in [3.63, 3.8) is 0 Å². The molecule has 1 heterocycles. The largest absolute Gasteiger partial charge is 0.457 e. The summed E-state index contributed by atoms with van der Waals surface area (Å²) in [6.45, 7) is 6.52. The van der Waals surface area contributed by atoms with Gasteiger partial charge in [-0.25, -0.2) is 9.67 Å². The van der Waals surface area contributed by atoms with Crippen molar-refractivity contribution < 1.29 is 9.47 Å². The summed E-state index contributed by atoms with van der Waals surface area (Å²) in [6.07, 6.45) is 4.82. The minimum Gasteiger partial charge on any atom is -0.457 e.